The Morgan fingerprint density at radius 2 is 0.714 bits per heavy atom. The van der Waals surface area contributed by atoms with Crippen molar-refractivity contribution < 1.29 is 0 Å². The van der Waals surface area contributed by atoms with Gasteiger partial charge in [0.05, 0.1) is 0 Å². The van der Waals surface area contributed by atoms with Gasteiger partial charge in [-0.25, -0.2) is 0 Å². The van der Waals surface area contributed by atoms with Crippen LogP contribution in [0.25, 0.3) is 0 Å². The van der Waals surface area contributed by atoms with Crippen molar-refractivity contribution in [2.75, 3.05) is 0 Å². The predicted molar refractivity (Wildman–Crippen MR) is 134 cm³/mol. The standard InChI is InChI=1S/C27H57B/c1-7-10-13-16-19-25(4)22-28(23-26(5)20-17-14-11-8-2)24-27(6)21-18-15-12-9-3/h25-27H,7-24H2,1-6H3. The molecule has 168 valence electrons. The van der Waals surface area contributed by atoms with Gasteiger partial charge in [-0.2, -0.15) is 0 Å². The second-order valence-electron chi connectivity index (χ2n) is 10.4. The van der Waals surface area contributed by atoms with Gasteiger partial charge < -0.3 is 0 Å². The third-order valence-electron chi connectivity index (χ3n) is 6.86. The van der Waals surface area contributed by atoms with Crippen LogP contribution in [0.2, 0.25) is 19.0 Å². The highest BCUT2D eigenvalue weighted by Gasteiger charge is 2.22. The highest BCUT2D eigenvalue weighted by molar-refractivity contribution is 6.59. The van der Waals surface area contributed by atoms with Crippen molar-refractivity contribution in [3.05, 3.63) is 0 Å². The largest absolute Gasteiger partial charge is 0.140 e. The lowest BCUT2D eigenvalue weighted by Gasteiger charge is -2.24. The van der Waals surface area contributed by atoms with Crippen LogP contribution in [-0.2, 0) is 0 Å². The van der Waals surface area contributed by atoms with Crippen molar-refractivity contribution in [1.82, 2.24) is 0 Å². The molecule has 0 aromatic heterocycles. The van der Waals surface area contributed by atoms with Crippen LogP contribution in [0.15, 0.2) is 0 Å². The molecule has 28 heavy (non-hydrogen) atoms. The van der Waals surface area contributed by atoms with Crippen LogP contribution in [0.5, 0.6) is 0 Å². The van der Waals surface area contributed by atoms with Gasteiger partial charge in [0.15, 0.2) is 0 Å². The SMILES string of the molecule is CCCCCCC(C)CB(CC(C)CCCCCC)CC(C)CCCCCC. The van der Waals surface area contributed by atoms with E-state index in [1.54, 1.807) is 0 Å². The van der Waals surface area contributed by atoms with Crippen LogP contribution >= 0.6 is 0 Å². The monoisotopic (exact) mass is 392 g/mol. The molecule has 0 N–H and O–H groups in total. The molecule has 0 saturated heterocycles. The lowest BCUT2D eigenvalue weighted by molar-refractivity contribution is 0.491. The number of rotatable bonds is 21. The highest BCUT2D eigenvalue weighted by Crippen LogP contribution is 2.28. The van der Waals surface area contributed by atoms with Crippen molar-refractivity contribution >= 4 is 6.71 Å². The summed E-state index contributed by atoms with van der Waals surface area (Å²) in [6.07, 6.45) is 26.0. The Morgan fingerprint density at radius 1 is 0.429 bits per heavy atom. The van der Waals surface area contributed by atoms with E-state index in [1.165, 1.54) is 115 Å². The summed E-state index contributed by atoms with van der Waals surface area (Å²) in [5.41, 5.74) is 0. The van der Waals surface area contributed by atoms with Gasteiger partial charge in [0.1, 0.15) is 6.71 Å². The summed E-state index contributed by atoms with van der Waals surface area (Å²) < 4.78 is 0. The molecule has 0 aromatic rings. The van der Waals surface area contributed by atoms with E-state index in [9.17, 15) is 0 Å². The van der Waals surface area contributed by atoms with Crippen LogP contribution in [0.4, 0.5) is 0 Å². The van der Waals surface area contributed by atoms with Gasteiger partial charge in [0.25, 0.3) is 0 Å². The van der Waals surface area contributed by atoms with E-state index in [4.69, 9.17) is 0 Å². The van der Waals surface area contributed by atoms with Crippen molar-refractivity contribution in [1.29, 1.82) is 0 Å². The third kappa shape index (κ3) is 18.1. The molecule has 3 atom stereocenters. The summed E-state index contributed by atoms with van der Waals surface area (Å²) in [7, 11) is 0. The highest BCUT2D eigenvalue weighted by atomic mass is 14.1. The first kappa shape index (κ1) is 28.1. The maximum Gasteiger partial charge on any atom is 0.140 e. The second kappa shape index (κ2) is 20.3. The molecule has 3 unspecified atom stereocenters. The molecule has 0 nitrogen and oxygen atoms in total. The van der Waals surface area contributed by atoms with Crippen LogP contribution in [0.1, 0.15) is 138 Å². The summed E-state index contributed by atoms with van der Waals surface area (Å²) >= 11 is 0. The van der Waals surface area contributed by atoms with Crippen molar-refractivity contribution in [3.8, 4) is 0 Å². The molecule has 1 heteroatoms. The molecule has 0 amide bonds. The Morgan fingerprint density at radius 3 is 0.964 bits per heavy atom. The lowest BCUT2D eigenvalue weighted by atomic mass is 9.37. The molecular formula is C27H57B. The Hall–Kier alpha value is 0.0649. The summed E-state index contributed by atoms with van der Waals surface area (Å²) in [6, 6.07) is 0. The second-order valence-corrected chi connectivity index (χ2v) is 10.4. The van der Waals surface area contributed by atoms with Gasteiger partial charge in [-0.3, -0.25) is 0 Å². The topological polar surface area (TPSA) is 0 Å². The smallest absolute Gasteiger partial charge is 0.0715 e. The van der Waals surface area contributed by atoms with Gasteiger partial charge in [0.2, 0.25) is 0 Å². The van der Waals surface area contributed by atoms with E-state index in [0.29, 0.717) is 0 Å². The number of hydrogen-bond acceptors (Lipinski definition) is 0. The van der Waals surface area contributed by atoms with Gasteiger partial charge in [-0.15, -0.1) is 0 Å². The molecule has 0 aromatic carbocycles. The zero-order valence-electron chi connectivity index (χ0n) is 21.0. The molecule has 0 aliphatic heterocycles. The van der Waals surface area contributed by atoms with Crippen LogP contribution < -0.4 is 0 Å². The lowest BCUT2D eigenvalue weighted by Crippen LogP contribution is -2.22. The molecular weight excluding hydrogens is 335 g/mol. The summed E-state index contributed by atoms with van der Waals surface area (Å²) in [6.45, 7) is 15.6. The molecule has 0 saturated carbocycles. The molecule has 0 bridgehead atoms. The van der Waals surface area contributed by atoms with E-state index in [2.05, 4.69) is 41.5 Å². The zero-order valence-corrected chi connectivity index (χ0v) is 21.0. The Balaban J connectivity index is 4.38. The Kier molecular flexibility index (Phi) is 20.4. The molecule has 0 radical (unpaired) electrons. The summed E-state index contributed by atoms with van der Waals surface area (Å²) in [4.78, 5) is 0. The predicted octanol–water partition coefficient (Wildman–Crippen LogP) is 10.3. The molecule has 0 heterocycles. The summed E-state index contributed by atoms with van der Waals surface area (Å²) in [5.74, 6) is 2.80. The Labute approximate surface area is 181 Å². The average Bonchev–Trinajstić information content (AvgIpc) is 2.66. The first-order valence-electron chi connectivity index (χ1n) is 13.5. The fourth-order valence-electron chi connectivity index (χ4n) is 5.11. The minimum Gasteiger partial charge on any atom is -0.0715 e. The third-order valence-corrected chi connectivity index (χ3v) is 6.86. The van der Waals surface area contributed by atoms with Crippen LogP contribution in [0.3, 0.4) is 0 Å². The quantitative estimate of drug-likeness (QED) is 0.135. The first-order chi connectivity index (χ1) is 13.5. The van der Waals surface area contributed by atoms with Gasteiger partial charge in [0, 0.05) is 0 Å². The van der Waals surface area contributed by atoms with E-state index >= 15 is 0 Å². The molecule has 0 fully saturated rings. The van der Waals surface area contributed by atoms with Crippen molar-refractivity contribution in [3.63, 3.8) is 0 Å². The van der Waals surface area contributed by atoms with Gasteiger partial charge in [-0.05, 0) is 0 Å². The maximum atomic E-state index is 2.54. The van der Waals surface area contributed by atoms with E-state index in [0.717, 1.165) is 24.5 Å². The molecule has 0 aliphatic carbocycles. The minimum absolute atomic E-state index is 0.932. The number of unbranched alkanes of at least 4 members (excludes halogenated alkanes) is 9. The van der Waals surface area contributed by atoms with Crippen LogP contribution in [0, 0.1) is 17.8 Å². The van der Waals surface area contributed by atoms with E-state index in [-0.39, 0.29) is 0 Å². The van der Waals surface area contributed by atoms with Gasteiger partial charge in [-0.1, -0.05) is 175 Å². The van der Waals surface area contributed by atoms with Crippen molar-refractivity contribution in [2.24, 2.45) is 17.8 Å². The maximum absolute atomic E-state index is 2.54. The van der Waals surface area contributed by atoms with Gasteiger partial charge >= 0.3 is 0 Å². The Bertz CT molecular complexity index is 253. The summed E-state index contributed by atoms with van der Waals surface area (Å²) in [5, 5.41) is 0. The minimum atomic E-state index is 0.932. The normalized spacial score (nSPS) is 14.8. The molecule has 0 spiro atoms. The van der Waals surface area contributed by atoms with E-state index in [1.807, 2.05) is 0 Å². The fraction of sp³-hybridized carbons (Fsp3) is 1.00. The first-order valence-corrected chi connectivity index (χ1v) is 13.5. The fourth-order valence-corrected chi connectivity index (χ4v) is 5.11. The average molecular weight is 393 g/mol. The molecule has 0 aliphatic rings. The van der Waals surface area contributed by atoms with E-state index < -0.39 is 0 Å². The van der Waals surface area contributed by atoms with Crippen LogP contribution in [-0.4, -0.2) is 6.71 Å². The number of hydrogen-bond donors (Lipinski definition) is 0. The van der Waals surface area contributed by atoms with Crippen molar-refractivity contribution in [2.45, 2.75) is 157 Å². The zero-order chi connectivity index (χ0) is 21.0. The molecule has 0 rings (SSSR count).